The van der Waals surface area contributed by atoms with Crippen LogP contribution in [-0.4, -0.2) is 16.8 Å². The fourth-order valence-corrected chi connectivity index (χ4v) is 2.07. The fraction of sp³-hybridized carbons (Fsp3) is 0.125. The number of carbonyl (C=O) groups is 1. The second kappa shape index (κ2) is 7.29. The van der Waals surface area contributed by atoms with Gasteiger partial charge in [0.2, 0.25) is 0 Å². The quantitative estimate of drug-likeness (QED) is 0.639. The molecule has 0 bridgehead atoms. The third-order valence-electron chi connectivity index (χ3n) is 2.94. The standard InChI is InChI=1S/C16H13Cl2NO3/c1-10(12-5-6-14(17)15(18)8-12)19-22-9-11-3-2-4-13(7-11)16(20)21/h2-8H,9H2,1H3,(H,20,21). The summed E-state index contributed by atoms with van der Waals surface area (Å²) in [6.45, 7) is 1.97. The predicted molar refractivity (Wildman–Crippen MR) is 86.9 cm³/mol. The Morgan fingerprint density at radius 3 is 2.59 bits per heavy atom. The minimum Gasteiger partial charge on any atom is -0.478 e. The lowest BCUT2D eigenvalue weighted by Crippen LogP contribution is -1.99. The van der Waals surface area contributed by atoms with Gasteiger partial charge in [-0.2, -0.15) is 0 Å². The second-order valence-corrected chi connectivity index (χ2v) is 5.40. The van der Waals surface area contributed by atoms with Gasteiger partial charge < -0.3 is 9.94 Å². The summed E-state index contributed by atoms with van der Waals surface area (Å²) >= 11 is 11.8. The van der Waals surface area contributed by atoms with Crippen molar-refractivity contribution in [2.45, 2.75) is 13.5 Å². The van der Waals surface area contributed by atoms with E-state index in [1.165, 1.54) is 6.07 Å². The molecule has 114 valence electrons. The van der Waals surface area contributed by atoms with E-state index in [-0.39, 0.29) is 12.2 Å². The Kier molecular flexibility index (Phi) is 5.41. The van der Waals surface area contributed by atoms with E-state index in [0.717, 1.165) is 11.1 Å². The molecule has 6 heteroatoms. The van der Waals surface area contributed by atoms with E-state index in [1.54, 1.807) is 43.3 Å². The van der Waals surface area contributed by atoms with Crippen LogP contribution in [0.4, 0.5) is 0 Å². The zero-order chi connectivity index (χ0) is 16.1. The molecule has 0 amide bonds. The predicted octanol–water partition coefficient (Wildman–Crippen LogP) is 4.63. The third-order valence-corrected chi connectivity index (χ3v) is 3.68. The normalized spacial score (nSPS) is 11.3. The average Bonchev–Trinajstić information content (AvgIpc) is 2.50. The van der Waals surface area contributed by atoms with Gasteiger partial charge in [-0.1, -0.05) is 46.6 Å². The van der Waals surface area contributed by atoms with Crippen LogP contribution in [0, 0.1) is 0 Å². The van der Waals surface area contributed by atoms with E-state index in [9.17, 15) is 4.79 Å². The van der Waals surface area contributed by atoms with Gasteiger partial charge in [0.05, 0.1) is 21.3 Å². The van der Waals surface area contributed by atoms with Gasteiger partial charge in [0.25, 0.3) is 0 Å². The van der Waals surface area contributed by atoms with E-state index < -0.39 is 5.97 Å². The zero-order valence-electron chi connectivity index (χ0n) is 11.7. The van der Waals surface area contributed by atoms with Gasteiger partial charge in [-0.15, -0.1) is 0 Å². The molecule has 0 aromatic heterocycles. The Morgan fingerprint density at radius 1 is 1.14 bits per heavy atom. The van der Waals surface area contributed by atoms with Crippen LogP contribution < -0.4 is 0 Å². The second-order valence-electron chi connectivity index (χ2n) is 4.58. The smallest absolute Gasteiger partial charge is 0.335 e. The third kappa shape index (κ3) is 4.23. The van der Waals surface area contributed by atoms with Crippen LogP contribution in [0.1, 0.15) is 28.4 Å². The minimum atomic E-state index is -0.975. The Bertz CT molecular complexity index is 729. The Balaban J connectivity index is 2.03. The topological polar surface area (TPSA) is 58.9 Å². The van der Waals surface area contributed by atoms with E-state index in [4.69, 9.17) is 33.1 Å². The molecule has 0 spiro atoms. The molecule has 0 unspecified atom stereocenters. The van der Waals surface area contributed by atoms with Crippen molar-refractivity contribution < 1.29 is 14.7 Å². The van der Waals surface area contributed by atoms with Crippen LogP contribution in [0.2, 0.25) is 10.0 Å². The lowest BCUT2D eigenvalue weighted by atomic mass is 10.1. The summed E-state index contributed by atoms with van der Waals surface area (Å²) in [5.41, 5.74) is 2.39. The maximum absolute atomic E-state index is 10.9. The zero-order valence-corrected chi connectivity index (χ0v) is 13.2. The van der Waals surface area contributed by atoms with Gasteiger partial charge in [-0.05, 0) is 36.8 Å². The molecule has 4 nitrogen and oxygen atoms in total. The first-order valence-electron chi connectivity index (χ1n) is 6.41. The average molecular weight is 338 g/mol. The molecule has 0 saturated heterocycles. The molecular weight excluding hydrogens is 325 g/mol. The summed E-state index contributed by atoms with van der Waals surface area (Å²) < 4.78 is 0. The summed E-state index contributed by atoms with van der Waals surface area (Å²) in [4.78, 5) is 16.1. The molecule has 1 N–H and O–H groups in total. The Morgan fingerprint density at radius 2 is 1.91 bits per heavy atom. The van der Waals surface area contributed by atoms with Gasteiger partial charge in [-0.3, -0.25) is 0 Å². The SMILES string of the molecule is CC(=NOCc1cccc(C(=O)O)c1)c1ccc(Cl)c(Cl)c1. The molecule has 2 aromatic carbocycles. The number of carboxylic acid groups (broad SMARTS) is 1. The van der Waals surface area contributed by atoms with Crippen molar-refractivity contribution in [2.24, 2.45) is 5.16 Å². The summed E-state index contributed by atoms with van der Waals surface area (Å²) in [5, 5.41) is 13.9. The number of oxime groups is 1. The Hall–Kier alpha value is -2.04. The molecule has 0 atom stereocenters. The minimum absolute atomic E-state index is 0.180. The van der Waals surface area contributed by atoms with E-state index in [1.807, 2.05) is 0 Å². The monoisotopic (exact) mass is 337 g/mol. The van der Waals surface area contributed by atoms with Crippen molar-refractivity contribution in [3.05, 3.63) is 69.2 Å². The summed E-state index contributed by atoms with van der Waals surface area (Å²) in [6.07, 6.45) is 0. The highest BCUT2D eigenvalue weighted by atomic mass is 35.5. The van der Waals surface area contributed by atoms with E-state index >= 15 is 0 Å². The first-order valence-corrected chi connectivity index (χ1v) is 7.17. The molecule has 0 saturated carbocycles. The van der Waals surface area contributed by atoms with Crippen LogP contribution in [0.3, 0.4) is 0 Å². The maximum Gasteiger partial charge on any atom is 0.335 e. The summed E-state index contributed by atoms with van der Waals surface area (Å²) in [6, 6.07) is 11.7. The largest absolute Gasteiger partial charge is 0.478 e. The molecule has 0 radical (unpaired) electrons. The summed E-state index contributed by atoms with van der Waals surface area (Å²) in [7, 11) is 0. The first kappa shape index (κ1) is 16.3. The summed E-state index contributed by atoms with van der Waals surface area (Å²) in [5.74, 6) is -0.975. The van der Waals surface area contributed by atoms with Crippen LogP contribution in [0.25, 0.3) is 0 Å². The van der Waals surface area contributed by atoms with Crippen LogP contribution in [-0.2, 0) is 11.4 Å². The van der Waals surface area contributed by atoms with Gasteiger partial charge in [-0.25, -0.2) is 4.79 Å². The molecular formula is C16H13Cl2NO3. The van der Waals surface area contributed by atoms with E-state index in [2.05, 4.69) is 5.16 Å². The highest BCUT2D eigenvalue weighted by molar-refractivity contribution is 6.42. The van der Waals surface area contributed by atoms with Crippen molar-refractivity contribution in [1.82, 2.24) is 0 Å². The van der Waals surface area contributed by atoms with Gasteiger partial charge in [0, 0.05) is 5.56 Å². The maximum atomic E-state index is 10.9. The molecule has 0 aliphatic rings. The number of aromatic carboxylic acids is 1. The molecule has 0 aliphatic carbocycles. The van der Waals surface area contributed by atoms with Crippen LogP contribution in [0.5, 0.6) is 0 Å². The van der Waals surface area contributed by atoms with Crippen molar-refractivity contribution in [3.8, 4) is 0 Å². The van der Waals surface area contributed by atoms with Gasteiger partial charge in [0.15, 0.2) is 0 Å². The van der Waals surface area contributed by atoms with Crippen molar-refractivity contribution >= 4 is 34.9 Å². The number of nitrogens with zero attached hydrogens (tertiary/aromatic N) is 1. The number of halogens is 2. The van der Waals surface area contributed by atoms with E-state index in [0.29, 0.717) is 15.8 Å². The first-order chi connectivity index (χ1) is 10.5. The lowest BCUT2D eigenvalue weighted by Gasteiger charge is -2.05. The van der Waals surface area contributed by atoms with Crippen LogP contribution in [0.15, 0.2) is 47.6 Å². The van der Waals surface area contributed by atoms with Crippen molar-refractivity contribution in [1.29, 1.82) is 0 Å². The lowest BCUT2D eigenvalue weighted by molar-refractivity contribution is 0.0696. The molecule has 2 aromatic rings. The molecule has 2 rings (SSSR count). The number of hydrogen-bond donors (Lipinski definition) is 1. The van der Waals surface area contributed by atoms with Crippen LogP contribution >= 0.6 is 23.2 Å². The van der Waals surface area contributed by atoms with Crippen molar-refractivity contribution in [3.63, 3.8) is 0 Å². The van der Waals surface area contributed by atoms with Gasteiger partial charge >= 0.3 is 5.97 Å². The molecule has 22 heavy (non-hydrogen) atoms. The Labute approximate surface area is 137 Å². The number of carboxylic acids is 1. The molecule has 0 heterocycles. The highest BCUT2D eigenvalue weighted by Gasteiger charge is 2.05. The van der Waals surface area contributed by atoms with Gasteiger partial charge in [0.1, 0.15) is 6.61 Å². The highest BCUT2D eigenvalue weighted by Crippen LogP contribution is 2.23. The van der Waals surface area contributed by atoms with Crippen molar-refractivity contribution in [2.75, 3.05) is 0 Å². The molecule has 0 aliphatic heterocycles. The number of hydrogen-bond acceptors (Lipinski definition) is 3. The molecule has 0 fully saturated rings. The number of rotatable bonds is 5. The number of benzene rings is 2. The fourth-order valence-electron chi connectivity index (χ4n) is 1.77.